The summed E-state index contributed by atoms with van der Waals surface area (Å²) in [5, 5.41) is 22.0. The molecule has 6 heteroatoms. The van der Waals surface area contributed by atoms with Gasteiger partial charge in [-0.2, -0.15) is 0 Å². The van der Waals surface area contributed by atoms with Crippen LogP contribution in [0, 0.1) is 5.82 Å². The fourth-order valence-corrected chi connectivity index (χ4v) is 3.11. The maximum Gasteiger partial charge on any atom is 0.205 e. The van der Waals surface area contributed by atoms with Crippen LogP contribution in [0.15, 0.2) is 48.5 Å². The Bertz CT molecular complexity index is 789. The quantitative estimate of drug-likeness (QED) is 0.690. The summed E-state index contributed by atoms with van der Waals surface area (Å²) in [6.45, 7) is 0.806. The summed E-state index contributed by atoms with van der Waals surface area (Å²) in [4.78, 5) is 0. The normalized spacial score (nSPS) is 10.8. The lowest BCUT2D eigenvalue weighted by molar-refractivity contribution is 0.282. The zero-order valence-corrected chi connectivity index (χ0v) is 13.9. The summed E-state index contributed by atoms with van der Waals surface area (Å²) in [7, 11) is 0. The standard InChI is InChI=1S/C18H18FN3OS/c19-16-4-2-1-3-15(16)11-17-21-22-18(24-17)20-10-9-13-5-7-14(12-23)8-6-13/h1-8,23H,9-12H2,(H,20,22). The van der Waals surface area contributed by atoms with Crippen molar-refractivity contribution in [3.8, 4) is 0 Å². The minimum Gasteiger partial charge on any atom is -0.392 e. The Balaban J connectivity index is 1.51. The van der Waals surface area contributed by atoms with Gasteiger partial charge in [-0.15, -0.1) is 10.2 Å². The molecule has 24 heavy (non-hydrogen) atoms. The maximum absolute atomic E-state index is 13.7. The summed E-state index contributed by atoms with van der Waals surface area (Å²) < 4.78 is 13.7. The number of aliphatic hydroxyl groups is 1. The fraction of sp³-hybridized carbons (Fsp3) is 0.222. The van der Waals surface area contributed by atoms with Gasteiger partial charge in [-0.25, -0.2) is 4.39 Å². The molecule has 124 valence electrons. The molecule has 4 nitrogen and oxygen atoms in total. The fourth-order valence-electron chi connectivity index (χ4n) is 2.33. The first-order chi connectivity index (χ1) is 11.7. The van der Waals surface area contributed by atoms with E-state index >= 15 is 0 Å². The molecule has 0 fully saturated rings. The van der Waals surface area contributed by atoms with Crippen molar-refractivity contribution in [1.82, 2.24) is 10.2 Å². The van der Waals surface area contributed by atoms with Gasteiger partial charge in [-0.1, -0.05) is 53.8 Å². The summed E-state index contributed by atoms with van der Waals surface area (Å²) >= 11 is 1.44. The minimum absolute atomic E-state index is 0.0636. The van der Waals surface area contributed by atoms with Crippen LogP contribution in [-0.4, -0.2) is 21.8 Å². The van der Waals surface area contributed by atoms with Gasteiger partial charge < -0.3 is 10.4 Å². The van der Waals surface area contributed by atoms with Crippen molar-refractivity contribution in [2.75, 3.05) is 11.9 Å². The van der Waals surface area contributed by atoms with Crippen molar-refractivity contribution >= 4 is 16.5 Å². The highest BCUT2D eigenvalue weighted by Crippen LogP contribution is 2.20. The first kappa shape index (κ1) is 16.5. The Morgan fingerprint density at radius 3 is 2.50 bits per heavy atom. The predicted molar refractivity (Wildman–Crippen MR) is 93.7 cm³/mol. The monoisotopic (exact) mass is 343 g/mol. The number of nitrogens with one attached hydrogen (secondary N) is 1. The predicted octanol–water partition coefficient (Wildman–Crippen LogP) is 3.41. The van der Waals surface area contributed by atoms with Gasteiger partial charge in [0.2, 0.25) is 5.13 Å². The van der Waals surface area contributed by atoms with Gasteiger partial charge in [0.15, 0.2) is 0 Å². The summed E-state index contributed by atoms with van der Waals surface area (Å²) in [5.74, 6) is -0.214. The number of hydrogen-bond acceptors (Lipinski definition) is 5. The molecule has 0 saturated heterocycles. The van der Waals surface area contributed by atoms with Crippen molar-refractivity contribution in [1.29, 1.82) is 0 Å². The number of anilines is 1. The van der Waals surface area contributed by atoms with Gasteiger partial charge in [0.1, 0.15) is 10.8 Å². The Morgan fingerprint density at radius 1 is 1.00 bits per heavy atom. The molecule has 0 saturated carbocycles. The van der Waals surface area contributed by atoms with E-state index in [1.165, 1.54) is 23.0 Å². The Morgan fingerprint density at radius 2 is 1.75 bits per heavy atom. The zero-order valence-electron chi connectivity index (χ0n) is 13.1. The van der Waals surface area contributed by atoms with E-state index in [-0.39, 0.29) is 12.4 Å². The molecule has 0 aliphatic heterocycles. The highest BCUT2D eigenvalue weighted by molar-refractivity contribution is 7.15. The third-order valence-electron chi connectivity index (χ3n) is 3.66. The number of halogens is 1. The minimum atomic E-state index is -0.214. The van der Waals surface area contributed by atoms with E-state index in [4.69, 9.17) is 5.11 Å². The van der Waals surface area contributed by atoms with Crippen molar-refractivity contribution in [3.63, 3.8) is 0 Å². The van der Waals surface area contributed by atoms with Crippen LogP contribution >= 0.6 is 11.3 Å². The van der Waals surface area contributed by atoms with Gasteiger partial charge in [0.25, 0.3) is 0 Å². The van der Waals surface area contributed by atoms with Crippen LogP contribution < -0.4 is 5.32 Å². The van der Waals surface area contributed by atoms with Crippen molar-refractivity contribution in [3.05, 3.63) is 76.0 Å². The topological polar surface area (TPSA) is 58.0 Å². The van der Waals surface area contributed by atoms with Crippen LogP contribution in [0.5, 0.6) is 0 Å². The molecule has 0 aliphatic rings. The van der Waals surface area contributed by atoms with E-state index in [9.17, 15) is 4.39 Å². The van der Waals surface area contributed by atoms with Gasteiger partial charge >= 0.3 is 0 Å². The average Bonchev–Trinajstić information content (AvgIpc) is 3.05. The molecule has 0 aliphatic carbocycles. The van der Waals surface area contributed by atoms with Crippen molar-refractivity contribution in [2.24, 2.45) is 0 Å². The molecule has 0 radical (unpaired) electrons. The molecule has 3 rings (SSSR count). The molecular weight excluding hydrogens is 325 g/mol. The van der Waals surface area contributed by atoms with Crippen LogP contribution in [0.2, 0.25) is 0 Å². The van der Waals surface area contributed by atoms with Gasteiger partial charge in [0, 0.05) is 13.0 Å². The lowest BCUT2D eigenvalue weighted by atomic mass is 10.1. The third kappa shape index (κ3) is 4.37. The largest absolute Gasteiger partial charge is 0.392 e. The van der Waals surface area contributed by atoms with Crippen molar-refractivity contribution < 1.29 is 9.50 Å². The number of nitrogens with zero attached hydrogens (tertiary/aromatic N) is 2. The lowest BCUT2D eigenvalue weighted by Gasteiger charge is -2.03. The van der Waals surface area contributed by atoms with Crippen LogP contribution in [0.4, 0.5) is 9.52 Å². The van der Waals surface area contributed by atoms with Crippen LogP contribution in [0.1, 0.15) is 21.7 Å². The van der Waals surface area contributed by atoms with E-state index in [0.29, 0.717) is 12.0 Å². The Labute approximate surface area is 144 Å². The van der Waals surface area contributed by atoms with E-state index in [1.807, 2.05) is 30.3 Å². The smallest absolute Gasteiger partial charge is 0.205 e. The van der Waals surface area contributed by atoms with Crippen LogP contribution in [0.25, 0.3) is 0 Å². The van der Waals surface area contributed by atoms with Crippen LogP contribution in [-0.2, 0) is 19.4 Å². The molecule has 3 aromatic rings. The first-order valence-corrected chi connectivity index (χ1v) is 8.54. The third-order valence-corrected chi connectivity index (χ3v) is 4.54. The molecule has 0 atom stereocenters. The molecule has 0 amide bonds. The molecule has 2 N–H and O–H groups in total. The molecule has 0 bridgehead atoms. The molecule has 0 spiro atoms. The zero-order chi connectivity index (χ0) is 16.8. The SMILES string of the molecule is OCc1ccc(CCNc2nnc(Cc3ccccc3F)s2)cc1. The Hall–Kier alpha value is -2.31. The second kappa shape index (κ2) is 7.99. The molecule has 1 heterocycles. The second-order valence-corrected chi connectivity index (χ2v) is 6.48. The molecule has 0 unspecified atom stereocenters. The number of benzene rings is 2. The highest BCUT2D eigenvalue weighted by Gasteiger charge is 2.08. The molecular formula is C18H18FN3OS. The maximum atomic E-state index is 13.7. The second-order valence-electron chi connectivity index (χ2n) is 5.42. The van der Waals surface area contributed by atoms with E-state index in [0.717, 1.165) is 28.7 Å². The number of rotatable bonds is 7. The van der Waals surface area contributed by atoms with Gasteiger partial charge in [0.05, 0.1) is 6.61 Å². The summed E-state index contributed by atoms with van der Waals surface area (Å²) in [6, 6.07) is 14.6. The highest BCUT2D eigenvalue weighted by atomic mass is 32.1. The summed E-state index contributed by atoms with van der Waals surface area (Å²) in [5.41, 5.74) is 2.73. The molecule has 1 aromatic heterocycles. The number of aromatic nitrogens is 2. The van der Waals surface area contributed by atoms with Crippen molar-refractivity contribution in [2.45, 2.75) is 19.4 Å². The van der Waals surface area contributed by atoms with Gasteiger partial charge in [-0.3, -0.25) is 0 Å². The van der Waals surface area contributed by atoms with E-state index in [2.05, 4.69) is 15.5 Å². The number of aliphatic hydroxyl groups excluding tert-OH is 1. The average molecular weight is 343 g/mol. The van der Waals surface area contributed by atoms with E-state index < -0.39 is 0 Å². The summed E-state index contributed by atoms with van der Waals surface area (Å²) in [6.07, 6.45) is 1.31. The first-order valence-electron chi connectivity index (χ1n) is 7.73. The Kier molecular flexibility index (Phi) is 5.51. The van der Waals surface area contributed by atoms with E-state index in [1.54, 1.807) is 12.1 Å². The number of hydrogen-bond donors (Lipinski definition) is 2. The lowest BCUT2D eigenvalue weighted by Crippen LogP contribution is -2.04. The van der Waals surface area contributed by atoms with Gasteiger partial charge in [-0.05, 0) is 29.2 Å². The van der Waals surface area contributed by atoms with Crippen LogP contribution in [0.3, 0.4) is 0 Å². The molecule has 2 aromatic carbocycles.